The van der Waals surface area contributed by atoms with Crippen LogP contribution in [0.3, 0.4) is 0 Å². The van der Waals surface area contributed by atoms with Gasteiger partial charge in [0.2, 0.25) is 10.0 Å². The summed E-state index contributed by atoms with van der Waals surface area (Å²) in [5.74, 6) is -0.216. The molecule has 0 radical (unpaired) electrons. The van der Waals surface area contributed by atoms with Crippen molar-refractivity contribution in [2.75, 3.05) is 39.0 Å². The molecule has 0 saturated carbocycles. The van der Waals surface area contributed by atoms with Crippen LogP contribution >= 0.6 is 12.4 Å². The Labute approximate surface area is 191 Å². The van der Waals surface area contributed by atoms with Crippen molar-refractivity contribution >= 4 is 22.4 Å². The molecule has 0 bridgehead atoms. The number of hydrogen-bond donors (Lipinski definition) is 1. The molecule has 1 aromatic heterocycles. The molecule has 31 heavy (non-hydrogen) atoms. The van der Waals surface area contributed by atoms with E-state index < -0.39 is 15.7 Å². The first-order chi connectivity index (χ1) is 14.4. The minimum atomic E-state index is -3.50. The minimum Gasteiger partial charge on any atom is -0.314 e. The van der Waals surface area contributed by atoms with Gasteiger partial charge in [-0.15, -0.1) is 12.4 Å². The van der Waals surface area contributed by atoms with Gasteiger partial charge in [-0.1, -0.05) is 25.1 Å². The third kappa shape index (κ3) is 6.23. The first kappa shape index (κ1) is 25.7. The van der Waals surface area contributed by atoms with E-state index in [1.54, 1.807) is 29.7 Å². The summed E-state index contributed by atoms with van der Waals surface area (Å²) in [7, 11) is -1.82. The van der Waals surface area contributed by atoms with Crippen molar-refractivity contribution in [2.24, 2.45) is 0 Å². The van der Waals surface area contributed by atoms with Gasteiger partial charge in [0.15, 0.2) is 0 Å². The van der Waals surface area contributed by atoms with Crippen LogP contribution in [0.25, 0.3) is 0 Å². The quantitative estimate of drug-likeness (QED) is 0.610. The minimum absolute atomic E-state index is 0. The number of halogens is 2. The maximum Gasteiger partial charge on any atom is 0.215 e. The summed E-state index contributed by atoms with van der Waals surface area (Å²) >= 11 is 0. The van der Waals surface area contributed by atoms with Crippen LogP contribution < -0.4 is 5.32 Å². The fourth-order valence-electron chi connectivity index (χ4n) is 4.16. The van der Waals surface area contributed by atoms with Crippen LogP contribution in [-0.2, 0) is 22.9 Å². The van der Waals surface area contributed by atoms with Crippen molar-refractivity contribution in [1.29, 1.82) is 0 Å². The molecule has 1 aliphatic heterocycles. The Bertz CT molecular complexity index is 909. The summed E-state index contributed by atoms with van der Waals surface area (Å²) in [6.45, 7) is 4.89. The summed E-state index contributed by atoms with van der Waals surface area (Å²) in [4.78, 5) is 6.75. The Hall–Kier alpha value is -1.58. The van der Waals surface area contributed by atoms with E-state index in [1.807, 2.05) is 25.1 Å². The lowest BCUT2D eigenvalue weighted by atomic mass is 9.91. The Balaban J connectivity index is 0.00000341. The molecule has 1 saturated heterocycles. The van der Waals surface area contributed by atoms with Gasteiger partial charge in [0.1, 0.15) is 5.82 Å². The second kappa shape index (κ2) is 11.3. The second-order valence-corrected chi connectivity index (χ2v) is 9.92. The SMILES string of the molecule is CCCS(=O)(=O)N(C)C(Cc1ccc(F)cc1)(Cc1ccccn1)N1CCNCC1.Cl. The monoisotopic (exact) mass is 470 g/mol. The Morgan fingerprint density at radius 1 is 1.13 bits per heavy atom. The van der Waals surface area contributed by atoms with E-state index in [-0.39, 0.29) is 24.0 Å². The molecule has 1 atom stereocenters. The molecule has 1 N–H and O–H groups in total. The van der Waals surface area contributed by atoms with E-state index in [0.717, 1.165) is 37.4 Å². The molecule has 9 heteroatoms. The van der Waals surface area contributed by atoms with Crippen LogP contribution in [0.15, 0.2) is 48.7 Å². The number of aromatic nitrogens is 1. The van der Waals surface area contributed by atoms with E-state index in [1.165, 1.54) is 12.1 Å². The lowest BCUT2D eigenvalue weighted by Crippen LogP contribution is -2.67. The number of hydrogen-bond acceptors (Lipinski definition) is 5. The molecule has 6 nitrogen and oxygen atoms in total. The molecule has 2 aromatic rings. The molecular formula is C22H32ClFN4O2S. The number of pyridine rings is 1. The highest BCUT2D eigenvalue weighted by molar-refractivity contribution is 7.89. The molecule has 2 heterocycles. The fraction of sp³-hybridized carbons (Fsp3) is 0.500. The average Bonchev–Trinajstić information content (AvgIpc) is 2.75. The summed E-state index contributed by atoms with van der Waals surface area (Å²) in [6, 6.07) is 12.0. The van der Waals surface area contributed by atoms with E-state index in [0.29, 0.717) is 19.3 Å². The van der Waals surface area contributed by atoms with E-state index in [2.05, 4.69) is 15.2 Å². The topological polar surface area (TPSA) is 65.5 Å². The lowest BCUT2D eigenvalue weighted by molar-refractivity contribution is -0.00813. The van der Waals surface area contributed by atoms with Crippen LogP contribution in [0.1, 0.15) is 24.6 Å². The van der Waals surface area contributed by atoms with Gasteiger partial charge < -0.3 is 5.32 Å². The Morgan fingerprint density at radius 2 is 1.81 bits per heavy atom. The molecular weight excluding hydrogens is 439 g/mol. The number of likely N-dealkylation sites (N-methyl/N-ethyl adjacent to an activating group) is 1. The van der Waals surface area contributed by atoms with Crippen molar-refractivity contribution in [2.45, 2.75) is 31.8 Å². The molecule has 1 unspecified atom stereocenters. The zero-order chi connectivity index (χ0) is 21.6. The molecule has 172 valence electrons. The first-order valence-corrected chi connectivity index (χ1v) is 12.0. The predicted molar refractivity (Wildman–Crippen MR) is 124 cm³/mol. The van der Waals surface area contributed by atoms with E-state index in [9.17, 15) is 12.8 Å². The van der Waals surface area contributed by atoms with Crippen molar-refractivity contribution in [1.82, 2.24) is 19.5 Å². The zero-order valence-corrected chi connectivity index (χ0v) is 19.8. The number of piperazine rings is 1. The highest BCUT2D eigenvalue weighted by Crippen LogP contribution is 2.32. The summed E-state index contributed by atoms with van der Waals surface area (Å²) in [6.07, 6.45) is 3.18. The van der Waals surface area contributed by atoms with E-state index >= 15 is 0 Å². The maximum absolute atomic E-state index is 13.5. The van der Waals surface area contributed by atoms with Crippen molar-refractivity contribution < 1.29 is 12.8 Å². The molecule has 1 fully saturated rings. The molecule has 0 aliphatic carbocycles. The van der Waals surface area contributed by atoms with Crippen LogP contribution in [0, 0.1) is 5.82 Å². The van der Waals surface area contributed by atoms with Gasteiger partial charge in [-0.25, -0.2) is 12.8 Å². The van der Waals surface area contributed by atoms with Crippen molar-refractivity contribution in [3.8, 4) is 0 Å². The highest BCUT2D eigenvalue weighted by atomic mass is 35.5. The highest BCUT2D eigenvalue weighted by Gasteiger charge is 2.46. The van der Waals surface area contributed by atoms with Gasteiger partial charge in [0.05, 0.1) is 11.4 Å². The summed E-state index contributed by atoms with van der Waals surface area (Å²) < 4.78 is 41.6. The first-order valence-electron chi connectivity index (χ1n) is 10.4. The molecule has 0 amide bonds. The number of benzene rings is 1. The molecule has 0 spiro atoms. The Kier molecular flexibility index (Phi) is 9.39. The van der Waals surface area contributed by atoms with Gasteiger partial charge in [-0.2, -0.15) is 4.31 Å². The number of sulfonamides is 1. The molecule has 3 rings (SSSR count). The smallest absolute Gasteiger partial charge is 0.215 e. The molecule has 1 aliphatic rings. The third-order valence-electron chi connectivity index (χ3n) is 5.76. The maximum atomic E-state index is 13.5. The third-order valence-corrected chi connectivity index (χ3v) is 7.86. The van der Waals surface area contributed by atoms with Gasteiger partial charge in [0, 0.05) is 58.0 Å². The number of rotatable bonds is 9. The van der Waals surface area contributed by atoms with Crippen LogP contribution in [0.5, 0.6) is 0 Å². The van der Waals surface area contributed by atoms with Gasteiger partial charge in [-0.3, -0.25) is 9.88 Å². The normalized spacial score (nSPS) is 17.2. The fourth-order valence-corrected chi connectivity index (χ4v) is 5.72. The Morgan fingerprint density at radius 3 is 2.39 bits per heavy atom. The largest absolute Gasteiger partial charge is 0.314 e. The van der Waals surface area contributed by atoms with Gasteiger partial charge >= 0.3 is 0 Å². The van der Waals surface area contributed by atoms with Crippen molar-refractivity contribution in [3.05, 3.63) is 65.7 Å². The predicted octanol–water partition coefficient (Wildman–Crippen LogP) is 2.70. The second-order valence-electron chi connectivity index (χ2n) is 7.80. The number of nitrogens with one attached hydrogen (secondary N) is 1. The van der Waals surface area contributed by atoms with E-state index in [4.69, 9.17) is 0 Å². The summed E-state index contributed by atoms with van der Waals surface area (Å²) in [5, 5.41) is 3.35. The van der Waals surface area contributed by atoms with Crippen LogP contribution in [0.4, 0.5) is 4.39 Å². The van der Waals surface area contributed by atoms with Crippen LogP contribution in [-0.4, -0.2) is 67.2 Å². The lowest BCUT2D eigenvalue weighted by Gasteiger charge is -2.50. The summed E-state index contributed by atoms with van der Waals surface area (Å²) in [5.41, 5.74) is 0.892. The standard InChI is InChI=1S/C22H31FN4O2S.ClH/c1-3-16-30(28,29)26(2)22(27-14-12-24-13-15-27,18-21-6-4-5-11-25-21)17-19-7-9-20(23)10-8-19;/h4-11,24H,3,12-18H2,1-2H3;1H. The average molecular weight is 471 g/mol. The van der Waals surface area contributed by atoms with Gasteiger partial charge in [0.25, 0.3) is 0 Å². The molecule has 1 aromatic carbocycles. The van der Waals surface area contributed by atoms with Crippen LogP contribution in [0.2, 0.25) is 0 Å². The van der Waals surface area contributed by atoms with Crippen molar-refractivity contribution in [3.63, 3.8) is 0 Å². The zero-order valence-electron chi connectivity index (χ0n) is 18.1. The van der Waals surface area contributed by atoms with Gasteiger partial charge in [-0.05, 0) is 36.2 Å². The number of nitrogens with zero attached hydrogens (tertiary/aromatic N) is 3.